The van der Waals surface area contributed by atoms with E-state index in [1.165, 1.54) is 18.2 Å². The summed E-state index contributed by atoms with van der Waals surface area (Å²) in [5.41, 5.74) is -0.344. The van der Waals surface area contributed by atoms with Crippen molar-refractivity contribution in [3.63, 3.8) is 0 Å². The first-order valence-corrected chi connectivity index (χ1v) is 7.13. The van der Waals surface area contributed by atoms with Gasteiger partial charge in [-0.25, -0.2) is 0 Å². The molecule has 0 fully saturated rings. The number of rotatable bonds is 3. The van der Waals surface area contributed by atoms with Crippen molar-refractivity contribution in [2.45, 2.75) is 6.18 Å². The van der Waals surface area contributed by atoms with Crippen LogP contribution in [-0.4, -0.2) is 5.91 Å². The summed E-state index contributed by atoms with van der Waals surface area (Å²) in [6.45, 7) is 0. The molecule has 2 rings (SSSR count). The minimum atomic E-state index is -4.47. The van der Waals surface area contributed by atoms with E-state index in [1.807, 2.05) is 0 Å². The lowest BCUT2D eigenvalue weighted by Crippen LogP contribution is -2.10. The Balaban J connectivity index is 2.13. The molecule has 0 saturated carbocycles. The number of halogens is 5. The highest BCUT2D eigenvalue weighted by molar-refractivity contribution is 6.37. The molecule has 2 aromatic rings. The summed E-state index contributed by atoms with van der Waals surface area (Å²) >= 11 is 11.9. The van der Waals surface area contributed by atoms with Gasteiger partial charge in [-0.05, 0) is 36.4 Å². The van der Waals surface area contributed by atoms with Crippen molar-refractivity contribution in [3.05, 3.63) is 69.7 Å². The number of anilines is 1. The molecular weight excluding hydrogens is 350 g/mol. The summed E-state index contributed by atoms with van der Waals surface area (Å²) in [5.74, 6) is -0.597. The molecule has 0 atom stereocenters. The fourth-order valence-electron chi connectivity index (χ4n) is 1.79. The lowest BCUT2D eigenvalue weighted by atomic mass is 10.2. The Hall–Kier alpha value is -1.98. The quantitative estimate of drug-likeness (QED) is 0.703. The maximum absolute atomic E-state index is 12.6. The Bertz CT molecular complexity index is 737. The van der Waals surface area contributed by atoms with Crippen LogP contribution in [-0.2, 0) is 11.0 Å². The van der Waals surface area contributed by atoms with Gasteiger partial charge in [0, 0.05) is 27.4 Å². The third-order valence-electron chi connectivity index (χ3n) is 2.86. The topological polar surface area (TPSA) is 29.1 Å². The first-order valence-electron chi connectivity index (χ1n) is 6.38. The second-order valence-corrected chi connectivity index (χ2v) is 5.35. The van der Waals surface area contributed by atoms with Crippen molar-refractivity contribution in [3.8, 4) is 0 Å². The fourth-order valence-corrected chi connectivity index (χ4v) is 2.31. The molecule has 0 saturated heterocycles. The van der Waals surface area contributed by atoms with E-state index >= 15 is 0 Å². The Morgan fingerprint density at radius 1 is 1.04 bits per heavy atom. The molecule has 0 aliphatic rings. The molecule has 0 aliphatic heterocycles. The normalized spacial score (nSPS) is 11.7. The van der Waals surface area contributed by atoms with Crippen LogP contribution in [0.2, 0.25) is 10.0 Å². The van der Waals surface area contributed by atoms with E-state index in [9.17, 15) is 18.0 Å². The maximum atomic E-state index is 12.6. The number of hydrogen-bond acceptors (Lipinski definition) is 1. The van der Waals surface area contributed by atoms with Crippen LogP contribution in [0.25, 0.3) is 6.08 Å². The van der Waals surface area contributed by atoms with Gasteiger partial charge in [0.05, 0.1) is 5.56 Å². The van der Waals surface area contributed by atoms with E-state index in [0.717, 1.165) is 18.2 Å². The molecule has 120 valence electrons. The van der Waals surface area contributed by atoms with Gasteiger partial charge < -0.3 is 5.32 Å². The van der Waals surface area contributed by atoms with Crippen LogP contribution < -0.4 is 5.32 Å². The molecule has 23 heavy (non-hydrogen) atoms. The summed E-state index contributed by atoms with van der Waals surface area (Å²) in [7, 11) is 0. The van der Waals surface area contributed by atoms with Gasteiger partial charge in [0.2, 0.25) is 5.91 Å². The molecule has 0 spiro atoms. The van der Waals surface area contributed by atoms with Crippen molar-refractivity contribution in [2.24, 2.45) is 0 Å². The molecule has 0 bridgehead atoms. The minimum absolute atomic E-state index is 0.0414. The Labute approximate surface area is 140 Å². The number of amides is 1. The number of alkyl halides is 3. The molecule has 0 heterocycles. The van der Waals surface area contributed by atoms with Gasteiger partial charge in [-0.2, -0.15) is 13.2 Å². The van der Waals surface area contributed by atoms with Gasteiger partial charge >= 0.3 is 6.18 Å². The average molecular weight is 360 g/mol. The van der Waals surface area contributed by atoms with E-state index in [2.05, 4.69) is 5.32 Å². The van der Waals surface area contributed by atoms with Crippen LogP contribution in [0, 0.1) is 0 Å². The zero-order chi connectivity index (χ0) is 17.0. The maximum Gasteiger partial charge on any atom is 0.416 e. The molecular formula is C16H10Cl2F3NO. The summed E-state index contributed by atoms with van der Waals surface area (Å²) in [6, 6.07) is 9.24. The fraction of sp³-hybridized carbons (Fsp3) is 0.0625. The number of hydrogen-bond donors (Lipinski definition) is 1. The van der Waals surface area contributed by atoms with Crippen LogP contribution in [0.3, 0.4) is 0 Å². The predicted molar refractivity (Wildman–Crippen MR) is 85.6 cm³/mol. The highest BCUT2D eigenvalue weighted by Gasteiger charge is 2.30. The van der Waals surface area contributed by atoms with Crippen LogP contribution >= 0.6 is 23.2 Å². The first kappa shape index (κ1) is 17.4. The van der Waals surface area contributed by atoms with Crippen LogP contribution in [0.5, 0.6) is 0 Å². The molecule has 0 aromatic heterocycles. The van der Waals surface area contributed by atoms with E-state index in [0.29, 0.717) is 15.6 Å². The molecule has 2 aromatic carbocycles. The molecule has 2 nitrogen and oxygen atoms in total. The molecule has 1 amide bonds. The van der Waals surface area contributed by atoms with Gasteiger partial charge in [-0.15, -0.1) is 0 Å². The van der Waals surface area contributed by atoms with Crippen molar-refractivity contribution in [2.75, 3.05) is 5.32 Å². The van der Waals surface area contributed by atoms with Crippen LogP contribution in [0.1, 0.15) is 11.1 Å². The summed E-state index contributed by atoms with van der Waals surface area (Å²) in [6.07, 6.45) is -1.93. The van der Waals surface area contributed by atoms with Gasteiger partial charge in [0.1, 0.15) is 0 Å². The van der Waals surface area contributed by atoms with Gasteiger partial charge in [-0.1, -0.05) is 35.3 Å². The second kappa shape index (κ2) is 7.06. The largest absolute Gasteiger partial charge is 0.416 e. The predicted octanol–water partition coefficient (Wildman–Crippen LogP) is 5.66. The summed E-state index contributed by atoms with van der Waals surface area (Å²) in [4.78, 5) is 11.8. The molecule has 7 heteroatoms. The summed E-state index contributed by atoms with van der Waals surface area (Å²) in [5, 5.41) is 3.08. The number of benzene rings is 2. The van der Waals surface area contributed by atoms with Gasteiger partial charge in [-0.3, -0.25) is 4.79 Å². The molecule has 0 aliphatic carbocycles. The smallest absolute Gasteiger partial charge is 0.322 e. The van der Waals surface area contributed by atoms with E-state index in [1.54, 1.807) is 18.2 Å². The second-order valence-electron chi connectivity index (χ2n) is 4.54. The Kier molecular flexibility index (Phi) is 5.34. The zero-order valence-corrected chi connectivity index (χ0v) is 13.0. The van der Waals surface area contributed by atoms with E-state index in [-0.39, 0.29) is 5.69 Å². The van der Waals surface area contributed by atoms with Crippen molar-refractivity contribution < 1.29 is 18.0 Å². The number of carbonyl (C=O) groups is 1. The molecule has 0 unspecified atom stereocenters. The van der Waals surface area contributed by atoms with Gasteiger partial charge in [0.25, 0.3) is 0 Å². The summed E-state index contributed by atoms with van der Waals surface area (Å²) < 4.78 is 37.8. The zero-order valence-electron chi connectivity index (χ0n) is 11.5. The minimum Gasteiger partial charge on any atom is -0.322 e. The lowest BCUT2D eigenvalue weighted by Gasteiger charge is -2.08. The highest BCUT2D eigenvalue weighted by atomic mass is 35.5. The third-order valence-corrected chi connectivity index (χ3v) is 3.52. The number of nitrogens with one attached hydrogen (secondary N) is 1. The van der Waals surface area contributed by atoms with Crippen molar-refractivity contribution >= 4 is 40.9 Å². The molecule has 1 N–H and O–H groups in total. The first-order chi connectivity index (χ1) is 10.8. The SMILES string of the molecule is O=C(C=Cc1c(Cl)cccc1Cl)Nc1cccc(C(F)(F)F)c1. The lowest BCUT2D eigenvalue weighted by molar-refractivity contribution is -0.137. The van der Waals surface area contributed by atoms with E-state index < -0.39 is 17.6 Å². The van der Waals surface area contributed by atoms with Crippen molar-refractivity contribution in [1.29, 1.82) is 0 Å². The average Bonchev–Trinajstić information content (AvgIpc) is 2.46. The van der Waals surface area contributed by atoms with Gasteiger partial charge in [0.15, 0.2) is 0 Å². The standard InChI is InChI=1S/C16H10Cl2F3NO/c17-13-5-2-6-14(18)12(13)7-8-15(23)22-11-4-1-3-10(9-11)16(19,20)21/h1-9H,(H,22,23). The van der Waals surface area contributed by atoms with E-state index in [4.69, 9.17) is 23.2 Å². The van der Waals surface area contributed by atoms with Crippen LogP contribution in [0.4, 0.5) is 18.9 Å². The van der Waals surface area contributed by atoms with Crippen molar-refractivity contribution in [1.82, 2.24) is 0 Å². The van der Waals surface area contributed by atoms with Crippen LogP contribution in [0.15, 0.2) is 48.5 Å². The third kappa shape index (κ3) is 4.74. The monoisotopic (exact) mass is 359 g/mol. The molecule has 0 radical (unpaired) electrons. The number of carbonyl (C=O) groups excluding carboxylic acids is 1. The Morgan fingerprint density at radius 2 is 1.65 bits per heavy atom. The highest BCUT2D eigenvalue weighted by Crippen LogP contribution is 2.30. The Morgan fingerprint density at radius 3 is 2.26 bits per heavy atom.